The molecule has 0 bridgehead atoms. The van der Waals surface area contributed by atoms with Crippen LogP contribution in [0.4, 0.5) is 0 Å². The highest BCUT2D eigenvalue weighted by molar-refractivity contribution is 5.85. The normalized spacial score (nSPS) is 9.90. The Morgan fingerprint density at radius 2 is 1.55 bits per heavy atom. The zero-order valence-corrected chi connectivity index (χ0v) is 13.0. The van der Waals surface area contributed by atoms with Crippen molar-refractivity contribution in [1.82, 2.24) is 10.4 Å². The average molecular weight is 311 g/mol. The third-order valence-electron chi connectivity index (χ3n) is 2.89. The molecule has 0 spiro atoms. The largest absolute Gasteiger partial charge is 0.481 e. The zero-order chi connectivity index (χ0) is 14.5. The van der Waals surface area contributed by atoms with E-state index >= 15 is 0 Å². The maximum Gasteiger partial charge on any atom is 0.305 e. The van der Waals surface area contributed by atoms with E-state index < -0.39 is 11.9 Å². The van der Waals surface area contributed by atoms with Crippen molar-refractivity contribution in [3.8, 4) is 0 Å². The second-order valence-corrected chi connectivity index (χ2v) is 4.64. The summed E-state index contributed by atoms with van der Waals surface area (Å²) < 4.78 is 0. The molecule has 0 aromatic heterocycles. The highest BCUT2D eigenvalue weighted by atomic mass is 35.5. The number of aliphatic carboxylic acids is 1. The monoisotopic (exact) mass is 310 g/mol. The third kappa shape index (κ3) is 13.6. The molecule has 1 amide bonds. The van der Waals surface area contributed by atoms with Crippen LogP contribution in [-0.2, 0) is 9.59 Å². The number of hydrogen-bond donors (Lipinski definition) is 3. The summed E-state index contributed by atoms with van der Waals surface area (Å²) >= 11 is 0. The molecule has 0 saturated carbocycles. The second-order valence-electron chi connectivity index (χ2n) is 4.64. The van der Waals surface area contributed by atoms with E-state index in [0.717, 1.165) is 32.2 Å². The van der Waals surface area contributed by atoms with Crippen molar-refractivity contribution in [3.05, 3.63) is 0 Å². The van der Waals surface area contributed by atoms with Gasteiger partial charge in [0.2, 0.25) is 5.91 Å². The van der Waals surface area contributed by atoms with Gasteiger partial charge in [-0.1, -0.05) is 25.7 Å². The van der Waals surface area contributed by atoms with Gasteiger partial charge in [-0.25, -0.2) is 5.06 Å². The summed E-state index contributed by atoms with van der Waals surface area (Å²) in [4.78, 5) is 21.7. The van der Waals surface area contributed by atoms with Crippen molar-refractivity contribution < 1.29 is 19.9 Å². The van der Waals surface area contributed by atoms with Crippen LogP contribution in [0.5, 0.6) is 0 Å². The summed E-state index contributed by atoms with van der Waals surface area (Å²) in [6, 6.07) is 0. The molecule has 0 aromatic carbocycles. The number of halogens is 1. The molecule has 0 heterocycles. The molecule has 0 aliphatic rings. The first-order valence-corrected chi connectivity index (χ1v) is 6.93. The van der Waals surface area contributed by atoms with E-state index in [4.69, 9.17) is 5.11 Å². The molecule has 120 valence electrons. The Balaban J connectivity index is 0. The van der Waals surface area contributed by atoms with Crippen molar-refractivity contribution in [2.45, 2.75) is 51.4 Å². The number of carbonyl (C=O) groups is 2. The summed E-state index contributed by atoms with van der Waals surface area (Å²) in [7, 11) is 1.94. The van der Waals surface area contributed by atoms with E-state index in [1.807, 2.05) is 7.05 Å². The quantitative estimate of drug-likeness (QED) is 0.291. The van der Waals surface area contributed by atoms with E-state index in [2.05, 4.69) is 5.32 Å². The number of amides is 1. The molecule has 0 saturated heterocycles. The average Bonchev–Trinajstić information content (AvgIpc) is 2.38. The Morgan fingerprint density at radius 1 is 1.00 bits per heavy atom. The van der Waals surface area contributed by atoms with Gasteiger partial charge in [0.05, 0.1) is 13.0 Å². The van der Waals surface area contributed by atoms with Gasteiger partial charge in [-0.2, -0.15) is 0 Å². The van der Waals surface area contributed by atoms with Gasteiger partial charge < -0.3 is 10.4 Å². The number of hydrogen-bond acceptors (Lipinski definition) is 4. The van der Waals surface area contributed by atoms with Crippen LogP contribution in [0.1, 0.15) is 51.4 Å². The number of carboxylic acids is 1. The predicted octanol–water partition coefficient (Wildman–Crippen LogP) is 2.05. The molecule has 0 atom stereocenters. The van der Waals surface area contributed by atoms with Gasteiger partial charge >= 0.3 is 5.97 Å². The SMILES string of the molecule is CNCCCCCCCCC(=O)N(O)CCC(=O)O.Cl. The standard InChI is InChI=1S/C13H26N2O4.ClH/c1-14-10-7-5-3-2-4-6-8-12(16)15(19)11-9-13(17)18;/h14,19H,2-11H2,1H3,(H,17,18);1H. The number of unbranched alkanes of at least 4 members (excludes halogenated alkanes) is 5. The van der Waals surface area contributed by atoms with E-state index in [1.165, 1.54) is 12.8 Å². The second kappa shape index (κ2) is 14.6. The van der Waals surface area contributed by atoms with Gasteiger partial charge in [-0.05, 0) is 26.4 Å². The molecule has 0 unspecified atom stereocenters. The number of carboxylic acid groups (broad SMARTS) is 1. The summed E-state index contributed by atoms with van der Waals surface area (Å²) in [6.45, 7) is 0.903. The summed E-state index contributed by atoms with van der Waals surface area (Å²) in [6.07, 6.45) is 6.40. The van der Waals surface area contributed by atoms with Crippen molar-refractivity contribution >= 4 is 24.3 Å². The number of nitrogens with zero attached hydrogens (tertiary/aromatic N) is 1. The van der Waals surface area contributed by atoms with Crippen molar-refractivity contribution in [2.75, 3.05) is 20.1 Å². The van der Waals surface area contributed by atoms with Crippen LogP contribution in [0.25, 0.3) is 0 Å². The number of hydroxylamine groups is 2. The fraction of sp³-hybridized carbons (Fsp3) is 0.846. The van der Waals surface area contributed by atoms with E-state index in [0.29, 0.717) is 5.06 Å². The molecule has 7 heteroatoms. The van der Waals surface area contributed by atoms with Crippen molar-refractivity contribution in [3.63, 3.8) is 0 Å². The Kier molecular flexibility index (Phi) is 15.6. The molecule has 0 rings (SSSR count). The Bertz CT molecular complexity index is 265. The zero-order valence-electron chi connectivity index (χ0n) is 12.1. The summed E-state index contributed by atoms with van der Waals surface area (Å²) in [5.74, 6) is -1.41. The van der Waals surface area contributed by atoms with Gasteiger partial charge in [0.1, 0.15) is 0 Å². The minimum atomic E-state index is -1.02. The molecule has 0 aliphatic carbocycles. The van der Waals surface area contributed by atoms with Crippen LogP contribution in [-0.4, -0.2) is 47.4 Å². The van der Waals surface area contributed by atoms with E-state index in [9.17, 15) is 14.8 Å². The van der Waals surface area contributed by atoms with Crippen LogP contribution in [0.2, 0.25) is 0 Å². The molecular weight excluding hydrogens is 284 g/mol. The molecule has 6 nitrogen and oxygen atoms in total. The first kappa shape index (κ1) is 21.4. The smallest absolute Gasteiger partial charge is 0.305 e. The highest BCUT2D eigenvalue weighted by Gasteiger charge is 2.11. The van der Waals surface area contributed by atoms with Crippen LogP contribution in [0.3, 0.4) is 0 Å². The molecule has 3 N–H and O–H groups in total. The minimum Gasteiger partial charge on any atom is -0.481 e. The lowest BCUT2D eigenvalue weighted by Gasteiger charge is -2.13. The lowest BCUT2D eigenvalue weighted by molar-refractivity contribution is -0.167. The lowest BCUT2D eigenvalue weighted by Crippen LogP contribution is -2.29. The van der Waals surface area contributed by atoms with Crippen LogP contribution in [0.15, 0.2) is 0 Å². The number of rotatable bonds is 12. The first-order valence-electron chi connectivity index (χ1n) is 6.93. The van der Waals surface area contributed by atoms with Crippen LogP contribution < -0.4 is 5.32 Å². The highest BCUT2D eigenvalue weighted by Crippen LogP contribution is 2.08. The fourth-order valence-electron chi connectivity index (χ4n) is 1.74. The predicted molar refractivity (Wildman–Crippen MR) is 79.2 cm³/mol. The van der Waals surface area contributed by atoms with Gasteiger partial charge in [-0.15, -0.1) is 12.4 Å². The number of nitrogens with one attached hydrogen (secondary N) is 1. The Labute approximate surface area is 126 Å². The Morgan fingerprint density at radius 3 is 2.10 bits per heavy atom. The summed E-state index contributed by atoms with van der Waals surface area (Å²) in [5, 5.41) is 21.3. The van der Waals surface area contributed by atoms with Crippen LogP contribution in [0, 0.1) is 0 Å². The maximum absolute atomic E-state index is 11.4. The van der Waals surface area contributed by atoms with Gasteiger partial charge in [0.25, 0.3) is 0 Å². The lowest BCUT2D eigenvalue weighted by atomic mass is 10.1. The molecule has 0 radical (unpaired) electrons. The van der Waals surface area contributed by atoms with E-state index in [1.54, 1.807) is 0 Å². The third-order valence-corrected chi connectivity index (χ3v) is 2.89. The molecule has 20 heavy (non-hydrogen) atoms. The van der Waals surface area contributed by atoms with E-state index in [-0.39, 0.29) is 31.8 Å². The summed E-state index contributed by atoms with van der Waals surface area (Å²) in [5.41, 5.74) is 0. The van der Waals surface area contributed by atoms with Crippen molar-refractivity contribution in [1.29, 1.82) is 0 Å². The van der Waals surface area contributed by atoms with Crippen molar-refractivity contribution in [2.24, 2.45) is 0 Å². The molecule has 0 aromatic rings. The Hall–Kier alpha value is -0.850. The topological polar surface area (TPSA) is 89.9 Å². The van der Waals surface area contributed by atoms with Gasteiger partial charge in [-0.3, -0.25) is 14.8 Å². The molecule has 0 fully saturated rings. The first-order chi connectivity index (χ1) is 9.07. The molecule has 0 aliphatic heterocycles. The maximum atomic E-state index is 11.4. The minimum absolute atomic E-state index is 0. The molecular formula is C13H27ClN2O4. The number of carbonyl (C=O) groups excluding carboxylic acids is 1. The fourth-order valence-corrected chi connectivity index (χ4v) is 1.74. The van der Waals surface area contributed by atoms with Crippen LogP contribution >= 0.6 is 12.4 Å². The van der Waals surface area contributed by atoms with Gasteiger partial charge in [0.15, 0.2) is 0 Å². The van der Waals surface area contributed by atoms with Gasteiger partial charge in [0, 0.05) is 6.42 Å².